The summed E-state index contributed by atoms with van der Waals surface area (Å²) in [5.41, 5.74) is 1.95. The maximum Gasteiger partial charge on any atom is 0.165 e. The number of rotatable bonds is 6. The van der Waals surface area contributed by atoms with Crippen molar-refractivity contribution in [1.82, 2.24) is 4.90 Å². The first-order valence-electron chi connectivity index (χ1n) is 9.93. The molecule has 0 saturated carbocycles. The van der Waals surface area contributed by atoms with Crippen LogP contribution in [0.4, 0.5) is 4.39 Å². The highest BCUT2D eigenvalue weighted by atomic mass is 19.1. The van der Waals surface area contributed by atoms with E-state index in [4.69, 9.17) is 9.47 Å². The van der Waals surface area contributed by atoms with Crippen LogP contribution in [0.2, 0.25) is 0 Å². The first-order chi connectivity index (χ1) is 13.6. The van der Waals surface area contributed by atoms with E-state index in [1.54, 1.807) is 19.2 Å². The summed E-state index contributed by atoms with van der Waals surface area (Å²) in [7, 11) is 1.68. The summed E-state index contributed by atoms with van der Waals surface area (Å²) in [4.78, 5) is 14.7. The van der Waals surface area contributed by atoms with Crippen LogP contribution in [0.5, 0.6) is 11.5 Å². The first kappa shape index (κ1) is 18.9. The zero-order chi connectivity index (χ0) is 19.6. The maximum absolute atomic E-state index is 13.0. The van der Waals surface area contributed by atoms with Gasteiger partial charge in [0.1, 0.15) is 5.82 Å². The van der Waals surface area contributed by atoms with Gasteiger partial charge < -0.3 is 14.4 Å². The molecular formula is C23H26FNO3. The molecule has 2 aliphatic rings. The molecule has 0 aromatic heterocycles. The summed E-state index contributed by atoms with van der Waals surface area (Å²) >= 11 is 0. The van der Waals surface area contributed by atoms with Crippen LogP contribution in [0.3, 0.4) is 0 Å². The molecule has 0 amide bonds. The lowest BCUT2D eigenvalue weighted by Gasteiger charge is -2.38. The lowest BCUT2D eigenvalue weighted by Crippen LogP contribution is -2.43. The molecule has 2 aromatic rings. The van der Waals surface area contributed by atoms with E-state index >= 15 is 0 Å². The minimum Gasteiger partial charge on any atom is -0.493 e. The molecule has 1 fully saturated rings. The van der Waals surface area contributed by atoms with Crippen LogP contribution in [0.25, 0.3) is 0 Å². The monoisotopic (exact) mass is 383 g/mol. The van der Waals surface area contributed by atoms with E-state index in [1.165, 1.54) is 17.7 Å². The molecule has 1 spiro atoms. The summed E-state index contributed by atoms with van der Waals surface area (Å²) in [6.07, 6.45) is 3.43. The third-order valence-corrected chi connectivity index (χ3v) is 6.12. The summed E-state index contributed by atoms with van der Waals surface area (Å²) in [5.74, 6) is 1.49. The van der Waals surface area contributed by atoms with E-state index in [1.807, 2.05) is 12.1 Å². The van der Waals surface area contributed by atoms with E-state index in [-0.39, 0.29) is 17.0 Å². The topological polar surface area (TPSA) is 38.8 Å². The van der Waals surface area contributed by atoms with Crippen molar-refractivity contribution in [2.75, 3.05) is 33.4 Å². The Kier molecular flexibility index (Phi) is 5.36. The Morgan fingerprint density at radius 2 is 1.93 bits per heavy atom. The quantitative estimate of drug-likeness (QED) is 0.700. The number of ketones is 1. The predicted octanol–water partition coefficient (Wildman–Crippen LogP) is 4.22. The third kappa shape index (κ3) is 3.63. The van der Waals surface area contributed by atoms with Crippen molar-refractivity contribution in [3.63, 3.8) is 0 Å². The zero-order valence-corrected chi connectivity index (χ0v) is 16.2. The van der Waals surface area contributed by atoms with Gasteiger partial charge in [0.15, 0.2) is 17.3 Å². The van der Waals surface area contributed by atoms with Crippen LogP contribution in [-0.4, -0.2) is 44.0 Å². The fourth-order valence-corrected chi connectivity index (χ4v) is 4.39. The van der Waals surface area contributed by atoms with Gasteiger partial charge in [0, 0.05) is 23.0 Å². The maximum atomic E-state index is 13.0. The number of ether oxygens (including phenoxy) is 2. The molecule has 2 aliphatic heterocycles. The number of carbonyl (C=O) groups excluding carboxylic acids is 1. The van der Waals surface area contributed by atoms with Crippen molar-refractivity contribution < 1.29 is 18.7 Å². The largest absolute Gasteiger partial charge is 0.493 e. The van der Waals surface area contributed by atoms with Gasteiger partial charge in [-0.15, -0.1) is 0 Å². The van der Waals surface area contributed by atoms with Gasteiger partial charge in [-0.1, -0.05) is 12.1 Å². The molecule has 5 heteroatoms. The van der Waals surface area contributed by atoms with Gasteiger partial charge in [-0.05, 0) is 69.2 Å². The number of nitrogens with zero attached hydrogens (tertiary/aromatic N) is 1. The molecule has 148 valence electrons. The smallest absolute Gasteiger partial charge is 0.165 e. The van der Waals surface area contributed by atoms with Crippen molar-refractivity contribution in [3.05, 3.63) is 59.4 Å². The zero-order valence-electron chi connectivity index (χ0n) is 16.2. The molecule has 0 unspecified atom stereocenters. The van der Waals surface area contributed by atoms with Crippen LogP contribution >= 0.6 is 0 Å². The Bertz CT molecular complexity index is 841. The fourth-order valence-electron chi connectivity index (χ4n) is 4.39. The van der Waals surface area contributed by atoms with Crippen molar-refractivity contribution in [2.45, 2.75) is 31.1 Å². The number of likely N-dealkylation sites (tertiary alicyclic amines) is 1. The average molecular weight is 383 g/mol. The molecule has 0 aliphatic carbocycles. The van der Waals surface area contributed by atoms with E-state index in [0.717, 1.165) is 57.0 Å². The van der Waals surface area contributed by atoms with E-state index in [0.29, 0.717) is 12.0 Å². The third-order valence-electron chi connectivity index (χ3n) is 6.12. The number of Topliss-reactive ketones (excluding diaryl/α,β-unsaturated/α-hetero) is 1. The van der Waals surface area contributed by atoms with Crippen molar-refractivity contribution in [3.8, 4) is 11.5 Å². The Labute approximate surface area is 165 Å². The van der Waals surface area contributed by atoms with E-state index in [2.05, 4.69) is 11.0 Å². The molecule has 0 N–H and O–H groups in total. The van der Waals surface area contributed by atoms with E-state index < -0.39 is 0 Å². The van der Waals surface area contributed by atoms with Crippen molar-refractivity contribution >= 4 is 5.78 Å². The van der Waals surface area contributed by atoms with Crippen molar-refractivity contribution in [1.29, 1.82) is 0 Å². The van der Waals surface area contributed by atoms with Gasteiger partial charge in [0.05, 0.1) is 13.7 Å². The molecule has 1 saturated heterocycles. The van der Waals surface area contributed by atoms with Gasteiger partial charge >= 0.3 is 0 Å². The number of halogens is 1. The molecule has 0 bridgehead atoms. The Hall–Kier alpha value is -2.40. The van der Waals surface area contributed by atoms with Gasteiger partial charge in [0.25, 0.3) is 0 Å². The fraction of sp³-hybridized carbons (Fsp3) is 0.435. The number of fused-ring (bicyclic) bond motifs is 2. The molecule has 0 radical (unpaired) electrons. The van der Waals surface area contributed by atoms with Crippen LogP contribution in [0, 0.1) is 5.82 Å². The highest BCUT2D eigenvalue weighted by molar-refractivity contribution is 5.95. The molecule has 2 aromatic carbocycles. The second kappa shape index (κ2) is 7.92. The van der Waals surface area contributed by atoms with Gasteiger partial charge in [-0.3, -0.25) is 4.79 Å². The SMILES string of the molecule is COc1cccc2c1OCC21CCN(CCCC(=O)c2ccc(F)cc2)CC1. The molecule has 2 heterocycles. The molecule has 0 atom stereocenters. The van der Waals surface area contributed by atoms with Crippen LogP contribution in [0.15, 0.2) is 42.5 Å². The Morgan fingerprint density at radius 3 is 2.64 bits per heavy atom. The van der Waals surface area contributed by atoms with Crippen LogP contribution < -0.4 is 9.47 Å². The lowest BCUT2D eigenvalue weighted by molar-refractivity contribution is 0.0963. The predicted molar refractivity (Wildman–Crippen MR) is 106 cm³/mol. The molecule has 28 heavy (non-hydrogen) atoms. The number of hydrogen-bond donors (Lipinski definition) is 0. The lowest BCUT2D eigenvalue weighted by atomic mass is 9.74. The summed E-state index contributed by atoms with van der Waals surface area (Å²) in [5, 5.41) is 0. The van der Waals surface area contributed by atoms with Crippen LogP contribution in [0.1, 0.15) is 41.6 Å². The Morgan fingerprint density at radius 1 is 1.18 bits per heavy atom. The molecule has 4 nitrogen and oxygen atoms in total. The van der Waals surface area contributed by atoms with Crippen LogP contribution in [-0.2, 0) is 5.41 Å². The molecule has 4 rings (SSSR count). The van der Waals surface area contributed by atoms with Gasteiger partial charge in [-0.2, -0.15) is 0 Å². The van der Waals surface area contributed by atoms with Gasteiger partial charge in [0.2, 0.25) is 0 Å². The number of hydrogen-bond acceptors (Lipinski definition) is 4. The average Bonchev–Trinajstić information content (AvgIpc) is 3.08. The highest BCUT2D eigenvalue weighted by Gasteiger charge is 2.43. The van der Waals surface area contributed by atoms with E-state index in [9.17, 15) is 9.18 Å². The number of methoxy groups -OCH3 is 1. The summed E-state index contributed by atoms with van der Waals surface area (Å²) in [6.45, 7) is 3.64. The second-order valence-corrected chi connectivity index (χ2v) is 7.78. The second-order valence-electron chi connectivity index (χ2n) is 7.78. The first-order valence-corrected chi connectivity index (χ1v) is 9.93. The number of carbonyl (C=O) groups is 1. The highest BCUT2D eigenvalue weighted by Crippen LogP contribution is 2.49. The number of para-hydroxylation sites is 1. The number of piperidine rings is 1. The standard InChI is InChI=1S/C23H26FNO3/c1-27-21-6-2-4-19-22(21)28-16-23(19)11-14-25(15-12-23)13-3-5-20(26)17-7-9-18(24)10-8-17/h2,4,6-10H,3,5,11-16H2,1H3. The minimum absolute atomic E-state index is 0.0821. The van der Waals surface area contributed by atoms with Gasteiger partial charge in [-0.25, -0.2) is 4.39 Å². The van der Waals surface area contributed by atoms with Crippen molar-refractivity contribution in [2.24, 2.45) is 0 Å². The molecular weight excluding hydrogens is 357 g/mol. The Balaban J connectivity index is 1.29. The normalized spacial score (nSPS) is 17.9. The summed E-state index contributed by atoms with van der Waals surface area (Å²) in [6, 6.07) is 12.0. The summed E-state index contributed by atoms with van der Waals surface area (Å²) < 4.78 is 24.4. The number of benzene rings is 2. The minimum atomic E-state index is -0.311.